The molecule has 0 saturated carbocycles. The van der Waals surface area contributed by atoms with Crippen LogP contribution < -0.4 is 9.30 Å². The molecule has 3 heterocycles. The van der Waals surface area contributed by atoms with Crippen molar-refractivity contribution < 1.29 is 9.30 Å². The first-order valence-electron chi connectivity index (χ1n) is 16.9. The fraction of sp³-hybridized carbons (Fsp3) is 0.182. The van der Waals surface area contributed by atoms with Gasteiger partial charge in [-0.05, 0) is 91.4 Å². The van der Waals surface area contributed by atoms with Gasteiger partial charge in [0.25, 0.3) is 0 Å². The SMILES string of the molecule is CC(C)(C)c1ccnc(-n2c3ccc(-c4ccccc4)cc3c3ccc(Oc4cccc(-n5[c-][n+](C(C)(C)C)c6ccccc65)c4)cc32)c1. The van der Waals surface area contributed by atoms with E-state index in [0.29, 0.717) is 0 Å². The predicted octanol–water partition coefficient (Wildman–Crippen LogP) is 10.7. The Morgan fingerprint density at radius 1 is 0.612 bits per heavy atom. The Bertz CT molecular complexity index is 2490. The highest BCUT2D eigenvalue weighted by atomic mass is 16.5. The van der Waals surface area contributed by atoms with Crippen molar-refractivity contribution in [1.82, 2.24) is 14.1 Å². The molecule has 5 aromatic carbocycles. The van der Waals surface area contributed by atoms with E-state index in [9.17, 15) is 0 Å². The molecule has 0 atom stereocenters. The first-order valence-corrected chi connectivity index (χ1v) is 16.9. The molecule has 0 fully saturated rings. The van der Waals surface area contributed by atoms with Gasteiger partial charge in [-0.2, -0.15) is 0 Å². The van der Waals surface area contributed by atoms with Crippen molar-refractivity contribution in [1.29, 1.82) is 0 Å². The maximum atomic E-state index is 6.62. The first-order chi connectivity index (χ1) is 23.5. The summed E-state index contributed by atoms with van der Waals surface area (Å²) in [6.07, 6.45) is 5.52. The minimum Gasteiger partial charge on any atom is -0.458 e. The second-order valence-corrected chi connectivity index (χ2v) is 14.8. The second kappa shape index (κ2) is 11.5. The summed E-state index contributed by atoms with van der Waals surface area (Å²) in [6, 6.07) is 44.6. The number of benzene rings is 5. The van der Waals surface area contributed by atoms with Gasteiger partial charge in [0.15, 0.2) is 0 Å². The quantitative estimate of drug-likeness (QED) is 0.139. The largest absolute Gasteiger partial charge is 0.458 e. The Kier molecular flexibility index (Phi) is 7.18. The Labute approximate surface area is 287 Å². The first kappa shape index (κ1) is 30.6. The third-order valence-electron chi connectivity index (χ3n) is 9.23. The van der Waals surface area contributed by atoms with Crippen molar-refractivity contribution in [3.05, 3.63) is 145 Å². The van der Waals surface area contributed by atoms with Crippen molar-refractivity contribution in [3.63, 3.8) is 0 Å². The third-order valence-corrected chi connectivity index (χ3v) is 9.23. The monoisotopic (exact) mass is 640 g/mol. The highest BCUT2D eigenvalue weighted by molar-refractivity contribution is 6.10. The fourth-order valence-corrected chi connectivity index (χ4v) is 6.71. The van der Waals surface area contributed by atoms with Crippen LogP contribution in [0.5, 0.6) is 11.5 Å². The van der Waals surface area contributed by atoms with Gasteiger partial charge in [0.05, 0.1) is 33.3 Å². The third kappa shape index (κ3) is 5.55. The summed E-state index contributed by atoms with van der Waals surface area (Å²) in [6.45, 7) is 13.3. The molecule has 0 spiro atoms. The zero-order chi connectivity index (χ0) is 33.9. The van der Waals surface area contributed by atoms with Crippen LogP contribution in [0.3, 0.4) is 0 Å². The van der Waals surface area contributed by atoms with Gasteiger partial charge < -0.3 is 13.9 Å². The van der Waals surface area contributed by atoms with E-state index in [1.165, 1.54) is 22.1 Å². The van der Waals surface area contributed by atoms with E-state index in [1.807, 2.05) is 18.3 Å². The lowest BCUT2D eigenvalue weighted by molar-refractivity contribution is -0.734. The molecule has 0 saturated heterocycles. The van der Waals surface area contributed by atoms with Crippen LogP contribution in [0.1, 0.15) is 47.1 Å². The highest BCUT2D eigenvalue weighted by Gasteiger charge is 2.22. The molecule has 0 amide bonds. The van der Waals surface area contributed by atoms with Gasteiger partial charge >= 0.3 is 0 Å². The van der Waals surface area contributed by atoms with Crippen molar-refractivity contribution in [2.75, 3.05) is 0 Å². The van der Waals surface area contributed by atoms with Gasteiger partial charge in [0.1, 0.15) is 17.3 Å². The minimum absolute atomic E-state index is 0.00909. The van der Waals surface area contributed by atoms with Crippen molar-refractivity contribution >= 4 is 32.8 Å². The van der Waals surface area contributed by atoms with Gasteiger partial charge in [-0.3, -0.25) is 4.57 Å². The molecule has 8 rings (SSSR count). The lowest BCUT2D eigenvalue weighted by atomic mass is 9.88. The molecule has 5 nitrogen and oxygen atoms in total. The molecule has 0 aliphatic carbocycles. The molecule has 0 radical (unpaired) electrons. The molecule has 3 aromatic heterocycles. The van der Waals surface area contributed by atoms with E-state index in [2.05, 4.69) is 177 Å². The van der Waals surface area contributed by atoms with E-state index in [0.717, 1.165) is 50.5 Å². The molecule has 0 unspecified atom stereocenters. The maximum Gasteiger partial charge on any atom is 0.244 e. The molecule has 0 N–H and O–H groups in total. The van der Waals surface area contributed by atoms with Crippen LogP contribution in [0.2, 0.25) is 0 Å². The lowest BCUT2D eigenvalue weighted by Gasteiger charge is -2.20. The normalized spacial score (nSPS) is 12.3. The highest BCUT2D eigenvalue weighted by Crippen LogP contribution is 2.38. The number of ether oxygens (including phenoxy) is 1. The standard InChI is InChI=1S/C44H40N4O/c1-43(2,3)32-23-24-45-42(26-32)48-38-22-19-31(30-13-8-7-9-14-30)25-37(38)36-21-20-35(28-41(36)48)49-34-16-12-15-33(27-34)46-29-47(44(4,5)6)40-18-11-10-17-39(40)46/h7-28H,1-6H3. The molecule has 0 bridgehead atoms. The van der Waals surface area contributed by atoms with E-state index >= 15 is 0 Å². The van der Waals surface area contributed by atoms with Crippen LogP contribution in [0.25, 0.3) is 55.5 Å². The molecule has 0 aliphatic heterocycles. The number of fused-ring (bicyclic) bond motifs is 4. The van der Waals surface area contributed by atoms with Crippen LogP contribution >= 0.6 is 0 Å². The zero-order valence-electron chi connectivity index (χ0n) is 28.9. The predicted molar refractivity (Wildman–Crippen MR) is 200 cm³/mol. The number of imidazole rings is 1. The number of aromatic nitrogens is 4. The van der Waals surface area contributed by atoms with Gasteiger partial charge in [0, 0.05) is 23.0 Å². The molecule has 242 valence electrons. The Balaban J connectivity index is 1.25. The molecular weight excluding hydrogens is 601 g/mol. The maximum absolute atomic E-state index is 6.62. The van der Waals surface area contributed by atoms with Crippen molar-refractivity contribution in [2.45, 2.75) is 52.5 Å². The van der Waals surface area contributed by atoms with Crippen LogP contribution in [-0.4, -0.2) is 14.1 Å². The number of rotatable bonds is 5. The Morgan fingerprint density at radius 3 is 2.18 bits per heavy atom. The topological polar surface area (TPSA) is 35.9 Å². The van der Waals surface area contributed by atoms with E-state index in [1.54, 1.807) is 0 Å². The smallest absolute Gasteiger partial charge is 0.244 e. The Hall–Kier alpha value is -5.68. The summed E-state index contributed by atoms with van der Waals surface area (Å²) in [5.74, 6) is 2.41. The summed E-state index contributed by atoms with van der Waals surface area (Å²) in [5.41, 5.74) is 8.86. The van der Waals surface area contributed by atoms with Crippen molar-refractivity contribution in [3.8, 4) is 34.1 Å². The minimum atomic E-state index is -0.115. The average Bonchev–Trinajstić information content (AvgIpc) is 3.65. The lowest BCUT2D eigenvalue weighted by Crippen LogP contribution is -2.49. The summed E-state index contributed by atoms with van der Waals surface area (Å²) < 4.78 is 13.2. The molecule has 49 heavy (non-hydrogen) atoms. The van der Waals surface area contributed by atoms with Crippen LogP contribution in [0, 0.1) is 6.33 Å². The second-order valence-electron chi connectivity index (χ2n) is 14.8. The molecule has 5 heteroatoms. The summed E-state index contributed by atoms with van der Waals surface area (Å²) in [5, 5.41) is 2.33. The number of para-hydroxylation sites is 2. The van der Waals surface area contributed by atoms with Gasteiger partial charge in [-0.15, -0.1) is 0 Å². The molecule has 8 aromatic rings. The van der Waals surface area contributed by atoms with E-state index < -0.39 is 0 Å². The van der Waals surface area contributed by atoms with Crippen molar-refractivity contribution in [2.24, 2.45) is 0 Å². The molecular formula is C44H40N4O. The Morgan fingerprint density at radius 2 is 1.39 bits per heavy atom. The zero-order valence-corrected chi connectivity index (χ0v) is 28.9. The summed E-state index contributed by atoms with van der Waals surface area (Å²) >= 11 is 0. The van der Waals surface area contributed by atoms with E-state index in [4.69, 9.17) is 9.72 Å². The van der Waals surface area contributed by atoms with Gasteiger partial charge in [-0.1, -0.05) is 93.6 Å². The number of nitrogens with zero attached hydrogens (tertiary/aromatic N) is 4. The molecule has 0 aliphatic rings. The number of pyridine rings is 1. The van der Waals surface area contributed by atoms with Crippen LogP contribution in [-0.2, 0) is 11.0 Å². The number of hydrogen-bond acceptors (Lipinski definition) is 2. The van der Waals surface area contributed by atoms with E-state index in [-0.39, 0.29) is 11.0 Å². The van der Waals surface area contributed by atoms with Crippen LogP contribution in [0.4, 0.5) is 0 Å². The number of hydrogen-bond donors (Lipinski definition) is 0. The summed E-state index contributed by atoms with van der Waals surface area (Å²) in [4.78, 5) is 4.89. The van der Waals surface area contributed by atoms with Crippen LogP contribution in [0.15, 0.2) is 134 Å². The average molecular weight is 641 g/mol. The van der Waals surface area contributed by atoms with Gasteiger partial charge in [-0.25, -0.2) is 4.98 Å². The fourth-order valence-electron chi connectivity index (χ4n) is 6.71. The summed E-state index contributed by atoms with van der Waals surface area (Å²) in [7, 11) is 0. The van der Waals surface area contributed by atoms with Gasteiger partial charge in [0.2, 0.25) is 6.33 Å².